The largest absolute Gasteiger partial charge is 0.456 e. The molecular weight excluding hydrogens is 506 g/mol. The first kappa shape index (κ1) is 22.2. The Morgan fingerprint density at radius 1 is 0.512 bits per heavy atom. The van der Waals surface area contributed by atoms with E-state index in [2.05, 4.69) is 71.6 Å². The summed E-state index contributed by atoms with van der Waals surface area (Å²) in [5.74, 6) is 0.769. The number of rotatable bonds is 3. The summed E-state index contributed by atoms with van der Waals surface area (Å²) in [4.78, 5) is 12.1. The molecule has 0 unspecified atom stereocenters. The predicted octanol–water partition coefficient (Wildman–Crippen LogP) is 10.1. The van der Waals surface area contributed by atoms with Gasteiger partial charge in [0.25, 0.3) is 0 Å². The minimum Gasteiger partial charge on any atom is -0.456 e. The molecule has 0 aliphatic rings. The fourth-order valence-corrected chi connectivity index (χ4v) is 6.12. The van der Waals surface area contributed by atoms with Gasteiger partial charge in [-0.25, -0.2) is 9.97 Å². The Bertz CT molecular complexity index is 2450. The third-order valence-corrected chi connectivity index (χ3v) is 7.93. The van der Waals surface area contributed by atoms with Crippen LogP contribution in [0, 0.1) is 0 Å². The van der Waals surface area contributed by atoms with Gasteiger partial charge in [-0.05, 0) is 46.5 Å². The molecule has 0 spiro atoms. The van der Waals surface area contributed by atoms with E-state index >= 15 is 0 Å². The third-order valence-electron chi connectivity index (χ3n) is 7.93. The van der Waals surface area contributed by atoms with Gasteiger partial charge >= 0.3 is 0 Å². The smallest absolute Gasteiger partial charge is 0.155 e. The van der Waals surface area contributed by atoms with Crippen LogP contribution in [0.4, 0.5) is 17.2 Å². The second kappa shape index (κ2) is 8.41. The molecule has 0 atom stereocenters. The van der Waals surface area contributed by atoms with Crippen molar-refractivity contribution in [1.29, 1.82) is 0 Å². The number of aromatic nitrogens is 2. The first-order chi connectivity index (χ1) is 20.3. The van der Waals surface area contributed by atoms with Crippen LogP contribution < -0.4 is 4.90 Å². The molecule has 0 aliphatic carbocycles. The molecule has 192 valence electrons. The zero-order chi connectivity index (χ0) is 26.9. The number of fused-ring (bicyclic) bond motifs is 9. The van der Waals surface area contributed by atoms with Crippen LogP contribution in [0.15, 0.2) is 136 Å². The highest BCUT2D eigenvalue weighted by molar-refractivity contribution is 6.17. The fourth-order valence-electron chi connectivity index (χ4n) is 6.12. The maximum Gasteiger partial charge on any atom is 0.155 e. The third kappa shape index (κ3) is 3.23. The molecule has 41 heavy (non-hydrogen) atoms. The summed E-state index contributed by atoms with van der Waals surface area (Å²) in [6.45, 7) is 0. The predicted molar refractivity (Wildman–Crippen MR) is 166 cm³/mol. The molecule has 4 aromatic heterocycles. The SMILES string of the molecule is c1ccc2c(c1)cc(N(c1cnc3c(c1)oc1ccccc13)c1nccc3oc4ccccc4c13)c1ccccc12. The number of pyridine rings is 2. The van der Waals surface area contributed by atoms with Gasteiger partial charge in [-0.3, -0.25) is 4.90 Å². The van der Waals surface area contributed by atoms with Gasteiger partial charge in [0.15, 0.2) is 5.58 Å². The summed E-state index contributed by atoms with van der Waals surface area (Å²) in [6.07, 6.45) is 3.72. The van der Waals surface area contributed by atoms with Gasteiger partial charge in [-0.2, -0.15) is 0 Å². The Labute approximate surface area is 233 Å². The normalized spacial score (nSPS) is 11.9. The lowest BCUT2D eigenvalue weighted by atomic mass is 9.99. The number of hydrogen-bond donors (Lipinski definition) is 0. The van der Waals surface area contributed by atoms with E-state index in [0.29, 0.717) is 0 Å². The van der Waals surface area contributed by atoms with Crippen molar-refractivity contribution in [2.75, 3.05) is 4.90 Å². The van der Waals surface area contributed by atoms with Gasteiger partial charge in [0.1, 0.15) is 28.1 Å². The van der Waals surface area contributed by atoms with Crippen LogP contribution in [-0.2, 0) is 0 Å². The molecule has 0 aliphatic heterocycles. The molecule has 0 saturated carbocycles. The first-order valence-electron chi connectivity index (χ1n) is 13.6. The van der Waals surface area contributed by atoms with Crippen LogP contribution in [0.1, 0.15) is 0 Å². The maximum absolute atomic E-state index is 6.29. The minimum absolute atomic E-state index is 0.725. The van der Waals surface area contributed by atoms with Crippen molar-refractivity contribution in [3.63, 3.8) is 0 Å². The number of para-hydroxylation sites is 2. The quantitative estimate of drug-likeness (QED) is 0.214. The van der Waals surface area contributed by atoms with E-state index in [1.807, 2.05) is 60.9 Å². The molecule has 5 nitrogen and oxygen atoms in total. The molecule has 9 rings (SSSR count). The second-order valence-electron chi connectivity index (χ2n) is 10.2. The van der Waals surface area contributed by atoms with E-state index in [4.69, 9.17) is 18.8 Å². The van der Waals surface area contributed by atoms with Crippen LogP contribution in [0.25, 0.3) is 65.6 Å². The Morgan fingerprint density at radius 2 is 1.17 bits per heavy atom. The van der Waals surface area contributed by atoms with Gasteiger partial charge in [0.2, 0.25) is 0 Å². The molecule has 0 saturated heterocycles. The standard InChI is InChI=1S/C36H21N3O2/c1-2-10-24-22(9-1)19-29(26-12-4-3-11-25(24)26)39(23-20-33-35(38-21-23)28-14-6-8-16-31(28)41-33)36-34-27-13-5-7-15-30(27)40-32(34)17-18-37-36/h1-21H. The van der Waals surface area contributed by atoms with Crippen molar-refractivity contribution >= 4 is 82.7 Å². The summed E-state index contributed by atoms with van der Waals surface area (Å²) in [7, 11) is 0. The van der Waals surface area contributed by atoms with Crippen molar-refractivity contribution in [1.82, 2.24) is 9.97 Å². The highest BCUT2D eigenvalue weighted by Gasteiger charge is 2.24. The molecule has 4 heterocycles. The fraction of sp³-hybridized carbons (Fsp3) is 0. The lowest BCUT2D eigenvalue weighted by Crippen LogP contribution is -2.13. The topological polar surface area (TPSA) is 55.3 Å². The summed E-state index contributed by atoms with van der Waals surface area (Å²) in [5, 5.41) is 7.60. The zero-order valence-corrected chi connectivity index (χ0v) is 21.8. The van der Waals surface area contributed by atoms with Crippen LogP contribution in [-0.4, -0.2) is 9.97 Å². The van der Waals surface area contributed by atoms with Gasteiger partial charge < -0.3 is 8.83 Å². The van der Waals surface area contributed by atoms with Crippen molar-refractivity contribution in [2.45, 2.75) is 0 Å². The summed E-state index contributed by atoms with van der Waals surface area (Å²) in [6, 6.07) is 39.4. The summed E-state index contributed by atoms with van der Waals surface area (Å²) >= 11 is 0. The van der Waals surface area contributed by atoms with E-state index in [9.17, 15) is 0 Å². The van der Waals surface area contributed by atoms with Gasteiger partial charge in [-0.1, -0.05) is 78.9 Å². The highest BCUT2D eigenvalue weighted by atomic mass is 16.3. The van der Waals surface area contributed by atoms with Gasteiger partial charge in [0, 0.05) is 28.4 Å². The number of anilines is 3. The summed E-state index contributed by atoms with van der Waals surface area (Å²) < 4.78 is 12.6. The van der Waals surface area contributed by atoms with E-state index in [1.54, 1.807) is 0 Å². The number of furan rings is 2. The molecule has 0 radical (unpaired) electrons. The van der Waals surface area contributed by atoms with Crippen LogP contribution in [0.3, 0.4) is 0 Å². The molecular formula is C36H21N3O2. The van der Waals surface area contributed by atoms with Crippen molar-refractivity contribution in [3.05, 3.63) is 128 Å². The van der Waals surface area contributed by atoms with E-state index in [-0.39, 0.29) is 0 Å². The van der Waals surface area contributed by atoms with Crippen LogP contribution in [0.5, 0.6) is 0 Å². The molecule has 0 bridgehead atoms. The van der Waals surface area contributed by atoms with E-state index < -0.39 is 0 Å². The van der Waals surface area contributed by atoms with Crippen LogP contribution in [0.2, 0.25) is 0 Å². The average molecular weight is 528 g/mol. The zero-order valence-electron chi connectivity index (χ0n) is 21.8. The number of benzene rings is 5. The highest BCUT2D eigenvalue weighted by Crippen LogP contribution is 2.45. The Morgan fingerprint density at radius 3 is 2.02 bits per heavy atom. The lowest BCUT2D eigenvalue weighted by molar-refractivity contribution is 0.668. The molecule has 0 N–H and O–H groups in total. The average Bonchev–Trinajstić information content (AvgIpc) is 3.60. The maximum atomic E-state index is 6.29. The molecule has 5 heteroatoms. The van der Waals surface area contributed by atoms with Crippen molar-refractivity contribution < 1.29 is 8.83 Å². The second-order valence-corrected chi connectivity index (χ2v) is 10.2. The number of nitrogens with zero attached hydrogens (tertiary/aromatic N) is 3. The Kier molecular flexibility index (Phi) is 4.55. The van der Waals surface area contributed by atoms with Gasteiger partial charge in [0.05, 0.1) is 23.0 Å². The minimum atomic E-state index is 0.725. The lowest BCUT2D eigenvalue weighted by Gasteiger charge is -2.26. The molecule has 9 aromatic rings. The van der Waals surface area contributed by atoms with Crippen LogP contribution >= 0.6 is 0 Å². The Balaban J connectivity index is 1.42. The molecule has 0 amide bonds. The van der Waals surface area contributed by atoms with Crippen molar-refractivity contribution in [3.8, 4) is 0 Å². The first-order valence-corrected chi connectivity index (χ1v) is 13.6. The van der Waals surface area contributed by atoms with Gasteiger partial charge in [-0.15, -0.1) is 0 Å². The number of hydrogen-bond acceptors (Lipinski definition) is 5. The Hall–Kier alpha value is -5.68. The summed E-state index contributed by atoms with van der Waals surface area (Å²) in [5.41, 5.74) is 5.84. The van der Waals surface area contributed by atoms with E-state index in [1.165, 1.54) is 10.8 Å². The molecule has 5 aromatic carbocycles. The molecule has 0 fully saturated rings. The van der Waals surface area contributed by atoms with E-state index in [0.717, 1.165) is 72.0 Å². The van der Waals surface area contributed by atoms with Crippen molar-refractivity contribution in [2.24, 2.45) is 0 Å². The monoisotopic (exact) mass is 527 g/mol.